The molecule has 23 heavy (non-hydrogen) atoms. The molecule has 0 aliphatic rings. The Kier molecular flexibility index (Phi) is 5.52. The number of hydrogen-bond acceptors (Lipinski definition) is 2. The molecule has 0 fully saturated rings. The predicted molar refractivity (Wildman–Crippen MR) is 90.4 cm³/mol. The summed E-state index contributed by atoms with van der Waals surface area (Å²) in [7, 11) is 0. The zero-order valence-corrected chi connectivity index (χ0v) is 13.3. The number of amides is 1. The van der Waals surface area contributed by atoms with Gasteiger partial charge in [0.1, 0.15) is 0 Å². The molecule has 2 atom stereocenters. The molecule has 1 amide bonds. The van der Waals surface area contributed by atoms with Crippen molar-refractivity contribution in [2.24, 2.45) is 5.92 Å². The van der Waals surface area contributed by atoms with E-state index < -0.39 is 11.9 Å². The fraction of sp³-hybridized carbons (Fsp3) is 0.263. The molecule has 0 spiro atoms. The fourth-order valence-corrected chi connectivity index (χ4v) is 2.52. The molecule has 0 aliphatic heterocycles. The van der Waals surface area contributed by atoms with Crippen molar-refractivity contribution < 1.29 is 14.7 Å². The van der Waals surface area contributed by atoms with Gasteiger partial charge in [-0.15, -0.1) is 0 Å². The third-order valence-corrected chi connectivity index (χ3v) is 3.99. The molecule has 0 heterocycles. The van der Waals surface area contributed by atoms with Gasteiger partial charge < -0.3 is 10.4 Å². The number of aryl methyl sites for hydroxylation is 1. The van der Waals surface area contributed by atoms with E-state index in [1.807, 2.05) is 68.4 Å². The van der Waals surface area contributed by atoms with Crippen molar-refractivity contribution in [2.75, 3.05) is 5.32 Å². The van der Waals surface area contributed by atoms with E-state index in [1.165, 1.54) is 0 Å². The number of carboxylic acid groups (broad SMARTS) is 1. The third kappa shape index (κ3) is 4.68. The Labute approximate surface area is 136 Å². The number of carbonyl (C=O) groups excluding carboxylic acids is 1. The van der Waals surface area contributed by atoms with Crippen molar-refractivity contribution in [3.63, 3.8) is 0 Å². The zero-order chi connectivity index (χ0) is 16.8. The van der Waals surface area contributed by atoms with Crippen LogP contribution >= 0.6 is 0 Å². The van der Waals surface area contributed by atoms with E-state index >= 15 is 0 Å². The lowest BCUT2D eigenvalue weighted by Gasteiger charge is -2.20. The number of rotatable bonds is 6. The second-order valence-corrected chi connectivity index (χ2v) is 5.76. The van der Waals surface area contributed by atoms with E-state index in [-0.39, 0.29) is 18.2 Å². The first-order valence-electron chi connectivity index (χ1n) is 7.61. The number of benzene rings is 2. The minimum absolute atomic E-state index is 0.0563. The maximum absolute atomic E-state index is 12.2. The Morgan fingerprint density at radius 1 is 1.04 bits per heavy atom. The van der Waals surface area contributed by atoms with Crippen LogP contribution < -0.4 is 5.32 Å². The summed E-state index contributed by atoms with van der Waals surface area (Å²) in [5.41, 5.74) is 2.70. The van der Waals surface area contributed by atoms with Crippen LogP contribution in [0.4, 0.5) is 5.69 Å². The fourth-order valence-electron chi connectivity index (χ4n) is 2.52. The van der Waals surface area contributed by atoms with Gasteiger partial charge in [-0.05, 0) is 30.5 Å². The van der Waals surface area contributed by atoms with Gasteiger partial charge in [-0.1, -0.05) is 55.0 Å². The monoisotopic (exact) mass is 311 g/mol. The van der Waals surface area contributed by atoms with Gasteiger partial charge in [-0.2, -0.15) is 0 Å². The van der Waals surface area contributed by atoms with Gasteiger partial charge in [-0.3, -0.25) is 9.59 Å². The topological polar surface area (TPSA) is 66.4 Å². The summed E-state index contributed by atoms with van der Waals surface area (Å²) in [5.74, 6) is -2.25. The predicted octanol–water partition coefficient (Wildman–Crippen LogP) is 3.83. The molecule has 2 N–H and O–H groups in total. The van der Waals surface area contributed by atoms with E-state index in [0.717, 1.165) is 11.1 Å². The van der Waals surface area contributed by atoms with Crippen molar-refractivity contribution >= 4 is 17.6 Å². The quantitative estimate of drug-likeness (QED) is 0.852. The van der Waals surface area contributed by atoms with Gasteiger partial charge >= 0.3 is 5.97 Å². The van der Waals surface area contributed by atoms with Crippen LogP contribution in [0.5, 0.6) is 0 Å². The van der Waals surface area contributed by atoms with Crippen LogP contribution in [0.25, 0.3) is 0 Å². The summed E-state index contributed by atoms with van der Waals surface area (Å²) < 4.78 is 0. The lowest BCUT2D eigenvalue weighted by molar-refractivity contribution is -0.144. The van der Waals surface area contributed by atoms with Crippen LogP contribution in [0.15, 0.2) is 54.6 Å². The molecular formula is C19H21NO3. The van der Waals surface area contributed by atoms with E-state index in [4.69, 9.17) is 0 Å². The molecule has 4 nitrogen and oxygen atoms in total. The largest absolute Gasteiger partial charge is 0.481 e. The van der Waals surface area contributed by atoms with E-state index in [2.05, 4.69) is 5.32 Å². The van der Waals surface area contributed by atoms with Crippen LogP contribution in [-0.4, -0.2) is 17.0 Å². The maximum atomic E-state index is 12.2. The SMILES string of the molecule is Cc1ccc(NC(=O)C[C@H](C(=O)O)[C@@H](C)c2ccccc2)cc1. The first kappa shape index (κ1) is 16.7. The Bertz CT molecular complexity index is 665. The maximum Gasteiger partial charge on any atom is 0.307 e. The first-order chi connectivity index (χ1) is 11.0. The first-order valence-corrected chi connectivity index (χ1v) is 7.61. The van der Waals surface area contributed by atoms with Crippen LogP contribution in [-0.2, 0) is 9.59 Å². The number of anilines is 1. The van der Waals surface area contributed by atoms with E-state index in [1.54, 1.807) is 0 Å². The standard InChI is InChI=1S/C19H21NO3/c1-13-8-10-16(11-9-13)20-18(21)12-17(19(22)23)14(2)15-6-4-3-5-7-15/h3-11,14,17H,12H2,1-2H3,(H,20,21)(H,22,23)/t14-,17-/m0/s1. The molecule has 120 valence electrons. The highest BCUT2D eigenvalue weighted by Gasteiger charge is 2.28. The van der Waals surface area contributed by atoms with Gasteiger partial charge in [0.15, 0.2) is 0 Å². The van der Waals surface area contributed by atoms with Crippen LogP contribution in [0.1, 0.15) is 30.4 Å². The number of nitrogens with one attached hydrogen (secondary N) is 1. The zero-order valence-electron chi connectivity index (χ0n) is 13.3. The highest BCUT2D eigenvalue weighted by Crippen LogP contribution is 2.27. The van der Waals surface area contributed by atoms with Crippen molar-refractivity contribution in [3.8, 4) is 0 Å². The van der Waals surface area contributed by atoms with Gasteiger partial charge in [0.2, 0.25) is 5.91 Å². The second kappa shape index (κ2) is 7.58. The Hall–Kier alpha value is -2.62. The van der Waals surface area contributed by atoms with Gasteiger partial charge in [0.05, 0.1) is 5.92 Å². The average Bonchev–Trinajstić information content (AvgIpc) is 2.55. The minimum Gasteiger partial charge on any atom is -0.481 e. The van der Waals surface area contributed by atoms with Crippen molar-refractivity contribution in [1.82, 2.24) is 0 Å². The molecule has 0 saturated carbocycles. The molecule has 0 aromatic heterocycles. The Balaban J connectivity index is 2.05. The van der Waals surface area contributed by atoms with Gasteiger partial charge in [-0.25, -0.2) is 0 Å². The van der Waals surface area contributed by atoms with Crippen LogP contribution in [0.3, 0.4) is 0 Å². The molecule has 2 aromatic rings. The summed E-state index contributed by atoms with van der Waals surface area (Å²) >= 11 is 0. The second-order valence-electron chi connectivity index (χ2n) is 5.76. The van der Waals surface area contributed by atoms with Gasteiger partial charge in [0, 0.05) is 12.1 Å². The molecule has 2 aromatic carbocycles. The summed E-state index contributed by atoms with van der Waals surface area (Å²) in [6, 6.07) is 16.8. The summed E-state index contributed by atoms with van der Waals surface area (Å²) in [4.78, 5) is 23.7. The number of carboxylic acids is 1. The van der Waals surface area contributed by atoms with Crippen LogP contribution in [0.2, 0.25) is 0 Å². The lowest BCUT2D eigenvalue weighted by atomic mass is 9.85. The highest BCUT2D eigenvalue weighted by atomic mass is 16.4. The minimum atomic E-state index is -0.958. The van der Waals surface area contributed by atoms with E-state index in [9.17, 15) is 14.7 Å². The number of carbonyl (C=O) groups is 2. The van der Waals surface area contributed by atoms with Crippen LogP contribution in [0, 0.1) is 12.8 Å². The average molecular weight is 311 g/mol. The normalized spacial score (nSPS) is 13.1. The van der Waals surface area contributed by atoms with Crippen molar-refractivity contribution in [1.29, 1.82) is 0 Å². The van der Waals surface area contributed by atoms with Crippen molar-refractivity contribution in [3.05, 3.63) is 65.7 Å². The summed E-state index contributed by atoms with van der Waals surface area (Å²) in [6.45, 7) is 3.81. The summed E-state index contributed by atoms with van der Waals surface area (Å²) in [6.07, 6.45) is -0.0563. The molecule has 0 bridgehead atoms. The number of aliphatic carboxylic acids is 1. The highest BCUT2D eigenvalue weighted by molar-refractivity contribution is 5.93. The molecule has 0 saturated heterocycles. The van der Waals surface area contributed by atoms with Gasteiger partial charge in [0.25, 0.3) is 0 Å². The molecule has 2 rings (SSSR count). The molecule has 0 radical (unpaired) electrons. The van der Waals surface area contributed by atoms with E-state index in [0.29, 0.717) is 5.69 Å². The molecule has 0 unspecified atom stereocenters. The molecular weight excluding hydrogens is 290 g/mol. The summed E-state index contributed by atoms with van der Waals surface area (Å²) in [5, 5.41) is 12.2. The molecule has 4 heteroatoms. The van der Waals surface area contributed by atoms with Crippen molar-refractivity contribution in [2.45, 2.75) is 26.2 Å². The lowest BCUT2D eigenvalue weighted by Crippen LogP contribution is -2.26. The molecule has 0 aliphatic carbocycles. The third-order valence-electron chi connectivity index (χ3n) is 3.99. The smallest absolute Gasteiger partial charge is 0.307 e. The number of hydrogen-bond donors (Lipinski definition) is 2. The Morgan fingerprint density at radius 3 is 2.22 bits per heavy atom. The Morgan fingerprint density at radius 2 is 1.65 bits per heavy atom.